The summed E-state index contributed by atoms with van der Waals surface area (Å²) in [6, 6.07) is 7.90. The molecule has 0 radical (unpaired) electrons. The fraction of sp³-hybridized carbons (Fsp3) is 0.167. The lowest BCUT2D eigenvalue weighted by molar-refractivity contribution is 0.739. The van der Waals surface area contributed by atoms with Crippen LogP contribution < -0.4 is 5.73 Å². The van der Waals surface area contributed by atoms with E-state index in [2.05, 4.69) is 25.9 Å². The van der Waals surface area contributed by atoms with E-state index in [1.54, 1.807) is 12.4 Å². The molecule has 0 fully saturated rings. The van der Waals surface area contributed by atoms with Gasteiger partial charge in [0.25, 0.3) is 0 Å². The van der Waals surface area contributed by atoms with Crippen LogP contribution in [0.3, 0.4) is 0 Å². The normalized spacial score (nSPS) is 12.4. The van der Waals surface area contributed by atoms with Gasteiger partial charge in [-0.3, -0.25) is 0 Å². The molecule has 16 heavy (non-hydrogen) atoms. The van der Waals surface area contributed by atoms with E-state index in [1.807, 2.05) is 31.2 Å². The second kappa shape index (κ2) is 4.72. The molecule has 3 nitrogen and oxygen atoms in total. The summed E-state index contributed by atoms with van der Waals surface area (Å²) in [5, 5.41) is 0. The average molecular weight is 278 g/mol. The highest BCUT2D eigenvalue weighted by molar-refractivity contribution is 9.10. The third-order valence-corrected chi connectivity index (χ3v) is 2.73. The van der Waals surface area contributed by atoms with Crippen molar-refractivity contribution in [3.63, 3.8) is 0 Å². The first kappa shape index (κ1) is 11.2. The van der Waals surface area contributed by atoms with Crippen LogP contribution in [0.1, 0.15) is 18.8 Å². The fourth-order valence-corrected chi connectivity index (χ4v) is 1.79. The molecule has 2 rings (SSSR count). The van der Waals surface area contributed by atoms with Gasteiger partial charge in [0, 0.05) is 22.4 Å². The zero-order valence-corrected chi connectivity index (χ0v) is 10.5. The van der Waals surface area contributed by atoms with E-state index in [0.717, 1.165) is 15.6 Å². The highest BCUT2D eigenvalue weighted by atomic mass is 79.9. The van der Waals surface area contributed by atoms with E-state index in [1.165, 1.54) is 0 Å². The summed E-state index contributed by atoms with van der Waals surface area (Å²) in [5.41, 5.74) is 7.77. The minimum Gasteiger partial charge on any atom is -0.322 e. The van der Waals surface area contributed by atoms with E-state index in [9.17, 15) is 0 Å². The quantitative estimate of drug-likeness (QED) is 0.918. The number of rotatable bonds is 2. The first-order chi connectivity index (χ1) is 7.66. The SMILES string of the molecule is CC(N)c1ncc(-c2cccc(Br)c2)cn1. The lowest BCUT2D eigenvalue weighted by Gasteiger charge is -2.05. The molecule has 0 saturated heterocycles. The van der Waals surface area contributed by atoms with Crippen LogP contribution in [0.25, 0.3) is 11.1 Å². The zero-order chi connectivity index (χ0) is 11.5. The van der Waals surface area contributed by atoms with Gasteiger partial charge in [0.2, 0.25) is 0 Å². The monoisotopic (exact) mass is 277 g/mol. The lowest BCUT2D eigenvalue weighted by Crippen LogP contribution is -2.09. The van der Waals surface area contributed by atoms with Crippen molar-refractivity contribution >= 4 is 15.9 Å². The number of hydrogen-bond donors (Lipinski definition) is 1. The molecular formula is C12H12BrN3. The van der Waals surface area contributed by atoms with Gasteiger partial charge in [-0.15, -0.1) is 0 Å². The Morgan fingerprint density at radius 1 is 1.19 bits per heavy atom. The van der Waals surface area contributed by atoms with Gasteiger partial charge in [-0.1, -0.05) is 28.1 Å². The van der Waals surface area contributed by atoms with Crippen molar-refractivity contribution in [2.24, 2.45) is 5.73 Å². The Morgan fingerprint density at radius 2 is 1.88 bits per heavy atom. The van der Waals surface area contributed by atoms with Crippen molar-refractivity contribution in [2.75, 3.05) is 0 Å². The van der Waals surface area contributed by atoms with Crippen LogP contribution in [-0.2, 0) is 0 Å². The molecule has 1 unspecified atom stereocenters. The Morgan fingerprint density at radius 3 is 2.44 bits per heavy atom. The molecule has 0 aliphatic carbocycles. The highest BCUT2D eigenvalue weighted by Gasteiger charge is 2.04. The number of benzene rings is 1. The molecule has 1 aromatic carbocycles. The van der Waals surface area contributed by atoms with Crippen LogP contribution in [0.15, 0.2) is 41.1 Å². The molecule has 0 aliphatic rings. The van der Waals surface area contributed by atoms with Crippen LogP contribution in [0.4, 0.5) is 0 Å². The van der Waals surface area contributed by atoms with Gasteiger partial charge >= 0.3 is 0 Å². The predicted molar refractivity (Wildman–Crippen MR) is 67.8 cm³/mol. The van der Waals surface area contributed by atoms with Gasteiger partial charge in [-0.2, -0.15) is 0 Å². The molecule has 82 valence electrons. The van der Waals surface area contributed by atoms with Gasteiger partial charge in [-0.25, -0.2) is 9.97 Å². The summed E-state index contributed by atoms with van der Waals surface area (Å²) in [6.07, 6.45) is 3.60. The van der Waals surface area contributed by atoms with E-state index in [0.29, 0.717) is 5.82 Å². The third kappa shape index (κ3) is 2.46. The lowest BCUT2D eigenvalue weighted by atomic mass is 10.1. The Bertz CT molecular complexity index is 480. The molecule has 0 bridgehead atoms. The summed E-state index contributed by atoms with van der Waals surface area (Å²) in [4.78, 5) is 8.47. The Kier molecular flexibility index (Phi) is 3.31. The second-order valence-electron chi connectivity index (χ2n) is 3.63. The Balaban J connectivity index is 2.35. The van der Waals surface area contributed by atoms with Crippen molar-refractivity contribution in [1.29, 1.82) is 0 Å². The molecule has 2 N–H and O–H groups in total. The molecule has 2 aromatic rings. The van der Waals surface area contributed by atoms with Gasteiger partial charge < -0.3 is 5.73 Å². The molecule has 4 heteroatoms. The molecule has 0 aliphatic heterocycles. The van der Waals surface area contributed by atoms with Crippen molar-refractivity contribution in [3.05, 3.63) is 47.0 Å². The topological polar surface area (TPSA) is 51.8 Å². The van der Waals surface area contributed by atoms with E-state index in [-0.39, 0.29) is 6.04 Å². The van der Waals surface area contributed by atoms with E-state index < -0.39 is 0 Å². The zero-order valence-electron chi connectivity index (χ0n) is 8.89. The number of nitrogens with zero attached hydrogens (tertiary/aromatic N) is 2. The fourth-order valence-electron chi connectivity index (χ4n) is 1.39. The maximum Gasteiger partial charge on any atom is 0.144 e. The molecule has 0 saturated carbocycles. The van der Waals surface area contributed by atoms with Gasteiger partial charge in [0.05, 0.1) is 6.04 Å². The van der Waals surface area contributed by atoms with Gasteiger partial charge in [0.1, 0.15) is 5.82 Å². The van der Waals surface area contributed by atoms with Crippen molar-refractivity contribution in [1.82, 2.24) is 9.97 Å². The Labute approximate surface area is 103 Å². The van der Waals surface area contributed by atoms with Crippen LogP contribution >= 0.6 is 15.9 Å². The summed E-state index contributed by atoms with van der Waals surface area (Å²) in [5.74, 6) is 0.666. The highest BCUT2D eigenvalue weighted by Crippen LogP contribution is 2.21. The van der Waals surface area contributed by atoms with Crippen LogP contribution in [0.5, 0.6) is 0 Å². The van der Waals surface area contributed by atoms with Gasteiger partial charge in [0.15, 0.2) is 0 Å². The molecule has 0 spiro atoms. The van der Waals surface area contributed by atoms with Crippen LogP contribution in [0, 0.1) is 0 Å². The summed E-state index contributed by atoms with van der Waals surface area (Å²) < 4.78 is 1.04. The summed E-state index contributed by atoms with van der Waals surface area (Å²) >= 11 is 3.44. The standard InChI is InChI=1S/C12H12BrN3/c1-8(14)12-15-6-10(7-16-12)9-3-2-4-11(13)5-9/h2-8H,14H2,1H3. The van der Waals surface area contributed by atoms with Crippen LogP contribution in [0.2, 0.25) is 0 Å². The largest absolute Gasteiger partial charge is 0.322 e. The first-order valence-corrected chi connectivity index (χ1v) is 5.79. The van der Waals surface area contributed by atoms with Crippen molar-refractivity contribution in [3.8, 4) is 11.1 Å². The smallest absolute Gasteiger partial charge is 0.144 e. The van der Waals surface area contributed by atoms with Gasteiger partial charge in [-0.05, 0) is 24.6 Å². The average Bonchev–Trinajstić information content (AvgIpc) is 2.29. The molecular weight excluding hydrogens is 266 g/mol. The maximum atomic E-state index is 5.69. The van der Waals surface area contributed by atoms with Crippen molar-refractivity contribution < 1.29 is 0 Å². The first-order valence-electron chi connectivity index (χ1n) is 5.00. The van der Waals surface area contributed by atoms with E-state index in [4.69, 9.17) is 5.73 Å². The molecule has 0 amide bonds. The number of halogens is 1. The second-order valence-corrected chi connectivity index (χ2v) is 4.54. The number of aromatic nitrogens is 2. The van der Waals surface area contributed by atoms with E-state index >= 15 is 0 Å². The molecule has 1 heterocycles. The minimum absolute atomic E-state index is 0.128. The molecule has 1 atom stereocenters. The third-order valence-electron chi connectivity index (χ3n) is 2.24. The predicted octanol–water partition coefficient (Wildman–Crippen LogP) is 2.93. The maximum absolute atomic E-state index is 5.69. The summed E-state index contributed by atoms with van der Waals surface area (Å²) in [7, 11) is 0. The minimum atomic E-state index is -0.128. The number of hydrogen-bond acceptors (Lipinski definition) is 3. The molecule has 1 aromatic heterocycles. The Hall–Kier alpha value is -1.26. The number of nitrogens with two attached hydrogens (primary N) is 1. The summed E-state index contributed by atoms with van der Waals surface area (Å²) in [6.45, 7) is 1.87. The van der Waals surface area contributed by atoms with Crippen molar-refractivity contribution in [2.45, 2.75) is 13.0 Å². The van der Waals surface area contributed by atoms with Crippen LogP contribution in [-0.4, -0.2) is 9.97 Å².